The lowest BCUT2D eigenvalue weighted by Gasteiger charge is -2.10. The maximum absolute atomic E-state index is 4.32. The molecule has 0 saturated carbocycles. The Labute approximate surface area is 71.2 Å². The summed E-state index contributed by atoms with van der Waals surface area (Å²) in [5.74, 6) is 0. The van der Waals surface area contributed by atoms with Crippen molar-refractivity contribution in [3.8, 4) is 0 Å². The summed E-state index contributed by atoms with van der Waals surface area (Å²) in [6.07, 6.45) is 7.80. The molecular formula is C9H11N3. The van der Waals surface area contributed by atoms with Crippen LogP contribution in [-0.4, -0.2) is 16.4 Å². The van der Waals surface area contributed by atoms with E-state index in [1.807, 2.05) is 12.3 Å². The summed E-state index contributed by atoms with van der Waals surface area (Å²) in [6, 6.07) is 0. The first kappa shape index (κ1) is 7.28. The van der Waals surface area contributed by atoms with Crippen LogP contribution in [0.15, 0.2) is 17.3 Å². The van der Waals surface area contributed by atoms with Gasteiger partial charge in [0.2, 0.25) is 0 Å². The van der Waals surface area contributed by atoms with Crippen molar-refractivity contribution in [2.24, 2.45) is 10.4 Å². The van der Waals surface area contributed by atoms with Gasteiger partial charge in [-0.05, 0) is 6.08 Å². The number of H-pyrrole nitrogens is 1. The lowest BCUT2D eigenvalue weighted by molar-refractivity contribution is 0.699. The first-order valence-corrected chi connectivity index (χ1v) is 3.95. The van der Waals surface area contributed by atoms with Crippen LogP contribution >= 0.6 is 0 Å². The van der Waals surface area contributed by atoms with E-state index in [-0.39, 0.29) is 5.41 Å². The zero-order valence-corrected chi connectivity index (χ0v) is 7.20. The maximum atomic E-state index is 4.32. The molecule has 0 fully saturated rings. The summed E-state index contributed by atoms with van der Waals surface area (Å²) in [5, 5.41) is 6.79. The van der Waals surface area contributed by atoms with Gasteiger partial charge >= 0.3 is 0 Å². The molecule has 1 N–H and O–H groups in total. The highest BCUT2D eigenvalue weighted by molar-refractivity contribution is 5.78. The van der Waals surface area contributed by atoms with E-state index in [0.29, 0.717) is 0 Å². The van der Waals surface area contributed by atoms with Gasteiger partial charge in [-0.15, -0.1) is 0 Å². The minimum Gasteiger partial charge on any atom is -0.276 e. The first-order valence-electron chi connectivity index (χ1n) is 3.95. The second-order valence-corrected chi connectivity index (χ2v) is 3.58. The minimum absolute atomic E-state index is 0.0415. The van der Waals surface area contributed by atoms with Gasteiger partial charge in [-0.25, -0.2) is 0 Å². The number of aliphatic imine (C=N–C) groups is 1. The highest BCUT2D eigenvalue weighted by atomic mass is 15.1. The molecule has 0 atom stereocenters. The Morgan fingerprint density at radius 2 is 2.25 bits per heavy atom. The van der Waals surface area contributed by atoms with E-state index in [0.717, 1.165) is 11.4 Å². The molecule has 0 unspecified atom stereocenters. The topological polar surface area (TPSA) is 41.0 Å². The van der Waals surface area contributed by atoms with Crippen molar-refractivity contribution in [2.75, 3.05) is 0 Å². The van der Waals surface area contributed by atoms with Gasteiger partial charge in [-0.1, -0.05) is 19.9 Å². The van der Waals surface area contributed by atoms with E-state index in [2.05, 4.69) is 35.1 Å². The van der Waals surface area contributed by atoms with Crippen LogP contribution < -0.4 is 0 Å². The normalized spacial score (nSPS) is 18.8. The average molecular weight is 161 g/mol. The molecule has 0 radical (unpaired) electrons. The van der Waals surface area contributed by atoms with Crippen LogP contribution in [0.5, 0.6) is 0 Å². The van der Waals surface area contributed by atoms with Crippen LogP contribution in [0.4, 0.5) is 5.69 Å². The van der Waals surface area contributed by atoms with Gasteiger partial charge < -0.3 is 0 Å². The maximum Gasteiger partial charge on any atom is 0.108 e. The van der Waals surface area contributed by atoms with Crippen LogP contribution in [0, 0.1) is 5.41 Å². The summed E-state index contributed by atoms with van der Waals surface area (Å²) < 4.78 is 0. The Hall–Kier alpha value is -1.38. The van der Waals surface area contributed by atoms with Crippen LogP contribution in [0.2, 0.25) is 0 Å². The van der Waals surface area contributed by atoms with Gasteiger partial charge in [0.05, 0.1) is 11.9 Å². The minimum atomic E-state index is 0.0415. The Balaban J connectivity index is 2.49. The third-order valence-corrected chi connectivity index (χ3v) is 1.86. The highest BCUT2D eigenvalue weighted by Crippen LogP contribution is 2.25. The molecule has 0 amide bonds. The van der Waals surface area contributed by atoms with Crippen LogP contribution in [0.3, 0.4) is 0 Å². The molecule has 0 spiro atoms. The smallest absolute Gasteiger partial charge is 0.108 e. The van der Waals surface area contributed by atoms with Crippen molar-refractivity contribution in [1.82, 2.24) is 10.2 Å². The Kier molecular flexibility index (Phi) is 1.40. The summed E-state index contributed by atoms with van der Waals surface area (Å²) in [4.78, 5) is 4.32. The van der Waals surface area contributed by atoms with Crippen molar-refractivity contribution >= 4 is 18.0 Å². The van der Waals surface area contributed by atoms with Crippen LogP contribution in [-0.2, 0) is 0 Å². The third kappa shape index (κ3) is 1.18. The zero-order valence-electron chi connectivity index (χ0n) is 7.20. The molecule has 12 heavy (non-hydrogen) atoms. The number of aromatic amines is 1. The van der Waals surface area contributed by atoms with Gasteiger partial charge in [-0.2, -0.15) is 5.10 Å². The molecule has 62 valence electrons. The van der Waals surface area contributed by atoms with Crippen molar-refractivity contribution < 1.29 is 0 Å². The molecule has 0 aliphatic carbocycles. The van der Waals surface area contributed by atoms with E-state index < -0.39 is 0 Å². The summed E-state index contributed by atoms with van der Waals surface area (Å²) in [5.41, 5.74) is 1.94. The molecule has 0 bridgehead atoms. The molecule has 3 heteroatoms. The number of hydrogen-bond acceptors (Lipinski definition) is 2. The van der Waals surface area contributed by atoms with E-state index in [1.165, 1.54) is 0 Å². The second-order valence-electron chi connectivity index (χ2n) is 3.58. The molecule has 3 nitrogen and oxygen atoms in total. The molecule has 1 aliphatic heterocycles. The van der Waals surface area contributed by atoms with Crippen molar-refractivity contribution in [2.45, 2.75) is 13.8 Å². The number of aromatic nitrogens is 2. The highest BCUT2D eigenvalue weighted by Gasteiger charge is 2.14. The number of fused-ring (bicyclic) bond motifs is 1. The van der Waals surface area contributed by atoms with Crippen LogP contribution in [0.1, 0.15) is 19.5 Å². The SMILES string of the molecule is CC1(C)C=Cc2[nH]ncc2N=C1. The van der Waals surface area contributed by atoms with Gasteiger partial charge in [0.1, 0.15) is 5.69 Å². The fraction of sp³-hybridized carbons (Fsp3) is 0.333. The van der Waals surface area contributed by atoms with Crippen molar-refractivity contribution in [1.29, 1.82) is 0 Å². The Morgan fingerprint density at radius 3 is 3.08 bits per heavy atom. The molecule has 2 rings (SSSR count). The summed E-state index contributed by atoms with van der Waals surface area (Å²) >= 11 is 0. The van der Waals surface area contributed by atoms with E-state index in [1.54, 1.807) is 6.20 Å². The zero-order chi connectivity index (χ0) is 8.60. The van der Waals surface area contributed by atoms with Crippen molar-refractivity contribution in [3.63, 3.8) is 0 Å². The fourth-order valence-corrected chi connectivity index (χ4v) is 1.09. The predicted molar refractivity (Wildman–Crippen MR) is 49.6 cm³/mol. The Morgan fingerprint density at radius 1 is 1.42 bits per heavy atom. The standard InChI is InChI=1S/C9H11N3/c1-9(2)4-3-7-8(10-6-9)5-11-12-7/h3-6H,1-2H3,(H,11,12). The second kappa shape index (κ2) is 2.30. The monoisotopic (exact) mass is 161 g/mol. The van der Waals surface area contributed by atoms with Crippen molar-refractivity contribution in [3.05, 3.63) is 18.0 Å². The van der Waals surface area contributed by atoms with E-state index in [4.69, 9.17) is 0 Å². The van der Waals surface area contributed by atoms with Gasteiger partial charge in [-0.3, -0.25) is 10.1 Å². The average Bonchev–Trinajstić information content (AvgIpc) is 2.40. The van der Waals surface area contributed by atoms with Gasteiger partial charge in [0.25, 0.3) is 0 Å². The molecular weight excluding hydrogens is 150 g/mol. The first-order chi connectivity index (χ1) is 5.67. The molecule has 1 aromatic heterocycles. The molecule has 0 aromatic carbocycles. The van der Waals surface area contributed by atoms with E-state index in [9.17, 15) is 0 Å². The number of rotatable bonds is 0. The molecule has 1 aromatic rings. The fourth-order valence-electron chi connectivity index (χ4n) is 1.09. The number of hydrogen-bond donors (Lipinski definition) is 1. The predicted octanol–water partition coefficient (Wildman–Crippen LogP) is 2.17. The number of allylic oxidation sites excluding steroid dienone is 1. The summed E-state index contributed by atoms with van der Waals surface area (Å²) in [7, 11) is 0. The van der Waals surface area contributed by atoms with E-state index >= 15 is 0 Å². The Bertz CT molecular complexity index is 314. The lowest BCUT2D eigenvalue weighted by Crippen LogP contribution is -2.07. The molecule has 0 saturated heterocycles. The third-order valence-electron chi connectivity index (χ3n) is 1.86. The van der Waals surface area contributed by atoms with Gasteiger partial charge in [0, 0.05) is 11.6 Å². The summed E-state index contributed by atoms with van der Waals surface area (Å²) in [6.45, 7) is 4.23. The number of nitrogens with one attached hydrogen (secondary N) is 1. The quantitative estimate of drug-likeness (QED) is 0.622. The number of nitrogens with zero attached hydrogens (tertiary/aromatic N) is 2. The molecule has 2 heterocycles. The molecule has 1 aliphatic rings. The van der Waals surface area contributed by atoms with Crippen LogP contribution in [0.25, 0.3) is 6.08 Å². The largest absolute Gasteiger partial charge is 0.276 e. The lowest BCUT2D eigenvalue weighted by atomic mass is 9.95. The van der Waals surface area contributed by atoms with Gasteiger partial charge in [0.15, 0.2) is 0 Å².